The first kappa shape index (κ1) is 21.1. The number of aromatic nitrogens is 2. The van der Waals surface area contributed by atoms with E-state index in [1.54, 1.807) is 4.90 Å². The molecular formula is C25H30N4O2. The Kier molecular flexibility index (Phi) is 5.56. The molecule has 2 amide bonds. The van der Waals surface area contributed by atoms with Crippen molar-refractivity contribution in [2.24, 2.45) is 18.9 Å². The van der Waals surface area contributed by atoms with Crippen LogP contribution in [-0.2, 0) is 18.4 Å². The molecule has 1 aliphatic rings. The largest absolute Gasteiger partial charge is 0.344 e. The second kappa shape index (κ2) is 8.17. The molecule has 31 heavy (non-hydrogen) atoms. The van der Waals surface area contributed by atoms with Crippen LogP contribution in [0.25, 0.3) is 11.0 Å². The summed E-state index contributed by atoms with van der Waals surface area (Å²) in [5.41, 5.74) is 3.60. The monoisotopic (exact) mass is 418 g/mol. The summed E-state index contributed by atoms with van der Waals surface area (Å²) in [7, 11) is 1.98. The molecule has 3 aromatic rings. The van der Waals surface area contributed by atoms with E-state index in [0.717, 1.165) is 22.4 Å². The van der Waals surface area contributed by atoms with Crippen molar-refractivity contribution >= 4 is 22.8 Å². The Balaban J connectivity index is 1.63. The minimum absolute atomic E-state index is 0.0217. The number of benzene rings is 2. The lowest BCUT2D eigenvalue weighted by molar-refractivity contribution is -0.128. The summed E-state index contributed by atoms with van der Waals surface area (Å²) in [6.45, 7) is 8.58. The van der Waals surface area contributed by atoms with Crippen LogP contribution in [0.4, 0.5) is 0 Å². The third-order valence-electron chi connectivity index (χ3n) is 6.15. The first-order valence-electron chi connectivity index (χ1n) is 10.9. The number of fused-ring (bicyclic) bond motifs is 2. The lowest BCUT2D eigenvalue weighted by Crippen LogP contribution is -2.51. The summed E-state index contributed by atoms with van der Waals surface area (Å²) in [5, 5.41) is 3.22. The molecule has 0 saturated heterocycles. The highest BCUT2D eigenvalue weighted by molar-refractivity contribution is 6.01. The molecular weight excluding hydrogens is 388 g/mol. The van der Waals surface area contributed by atoms with Gasteiger partial charge in [-0.1, -0.05) is 58.0 Å². The number of rotatable bonds is 6. The van der Waals surface area contributed by atoms with Gasteiger partial charge in [-0.2, -0.15) is 0 Å². The van der Waals surface area contributed by atoms with Gasteiger partial charge in [0, 0.05) is 19.2 Å². The van der Waals surface area contributed by atoms with Crippen LogP contribution in [0.2, 0.25) is 0 Å². The molecule has 162 valence electrons. The average molecular weight is 419 g/mol. The number of aryl methyl sites for hydroxylation is 1. The topological polar surface area (TPSA) is 67.2 Å². The van der Waals surface area contributed by atoms with Gasteiger partial charge >= 0.3 is 0 Å². The fourth-order valence-electron chi connectivity index (χ4n) is 4.52. The van der Waals surface area contributed by atoms with Gasteiger partial charge in [-0.05, 0) is 35.6 Å². The molecule has 0 fully saturated rings. The minimum atomic E-state index is -0.546. The number of nitrogens with zero attached hydrogens (tertiary/aromatic N) is 3. The quantitative estimate of drug-likeness (QED) is 0.656. The molecule has 4 rings (SSSR count). The number of hydrogen-bond donors (Lipinski definition) is 1. The second-order valence-corrected chi connectivity index (χ2v) is 9.03. The van der Waals surface area contributed by atoms with Crippen LogP contribution in [0.1, 0.15) is 55.5 Å². The summed E-state index contributed by atoms with van der Waals surface area (Å²) < 4.78 is 2.04. The predicted octanol–water partition coefficient (Wildman–Crippen LogP) is 4.07. The van der Waals surface area contributed by atoms with Crippen LogP contribution in [-0.4, -0.2) is 32.3 Å². The van der Waals surface area contributed by atoms with Crippen LogP contribution < -0.4 is 5.32 Å². The van der Waals surface area contributed by atoms with Crippen molar-refractivity contribution in [1.82, 2.24) is 19.8 Å². The van der Waals surface area contributed by atoms with E-state index in [2.05, 4.69) is 19.2 Å². The van der Waals surface area contributed by atoms with Gasteiger partial charge in [-0.15, -0.1) is 0 Å². The van der Waals surface area contributed by atoms with E-state index >= 15 is 0 Å². The molecule has 0 saturated carbocycles. The summed E-state index contributed by atoms with van der Waals surface area (Å²) >= 11 is 0. The van der Waals surface area contributed by atoms with E-state index in [9.17, 15) is 9.59 Å². The van der Waals surface area contributed by atoms with Gasteiger partial charge in [0.05, 0.1) is 17.1 Å². The number of carbonyl (C=O) groups is 2. The molecule has 2 atom stereocenters. The molecule has 2 heterocycles. The van der Waals surface area contributed by atoms with Gasteiger partial charge < -0.3 is 14.8 Å². The lowest BCUT2D eigenvalue weighted by Gasteiger charge is -2.32. The molecule has 2 aromatic carbocycles. The zero-order chi connectivity index (χ0) is 22.3. The van der Waals surface area contributed by atoms with Gasteiger partial charge in [-0.3, -0.25) is 9.59 Å². The Morgan fingerprint density at radius 1 is 1.00 bits per heavy atom. The van der Waals surface area contributed by atoms with Crippen molar-refractivity contribution in [2.75, 3.05) is 0 Å². The third kappa shape index (κ3) is 3.71. The summed E-state index contributed by atoms with van der Waals surface area (Å²) in [6, 6.07) is 14.8. The Hall–Kier alpha value is -3.15. The van der Waals surface area contributed by atoms with E-state index in [-0.39, 0.29) is 29.7 Å². The minimum Gasteiger partial charge on any atom is -0.344 e. The Bertz CT molecular complexity index is 1130. The summed E-state index contributed by atoms with van der Waals surface area (Å²) in [4.78, 5) is 33.1. The van der Waals surface area contributed by atoms with Gasteiger partial charge in [0.2, 0.25) is 5.91 Å². The Morgan fingerprint density at radius 3 is 2.32 bits per heavy atom. The maximum atomic E-state index is 13.5. The third-order valence-corrected chi connectivity index (χ3v) is 6.15. The number of para-hydroxylation sites is 2. The molecule has 1 aromatic heterocycles. The van der Waals surface area contributed by atoms with Crippen molar-refractivity contribution in [3.05, 3.63) is 65.5 Å². The molecule has 1 N–H and O–H groups in total. The van der Waals surface area contributed by atoms with Crippen molar-refractivity contribution in [1.29, 1.82) is 0 Å². The van der Waals surface area contributed by atoms with Gasteiger partial charge in [0.1, 0.15) is 11.9 Å². The molecule has 1 aliphatic heterocycles. The van der Waals surface area contributed by atoms with Crippen molar-refractivity contribution in [3.63, 3.8) is 0 Å². The molecule has 0 unspecified atom stereocenters. The van der Waals surface area contributed by atoms with Crippen LogP contribution >= 0.6 is 0 Å². The normalized spacial score (nSPS) is 15.6. The number of imidazole rings is 1. The molecule has 0 radical (unpaired) electrons. The van der Waals surface area contributed by atoms with E-state index in [1.165, 1.54) is 0 Å². The van der Waals surface area contributed by atoms with E-state index in [4.69, 9.17) is 4.98 Å². The first-order chi connectivity index (χ1) is 14.8. The van der Waals surface area contributed by atoms with Crippen molar-refractivity contribution in [3.8, 4) is 0 Å². The fraction of sp³-hybridized carbons (Fsp3) is 0.400. The van der Waals surface area contributed by atoms with Gasteiger partial charge in [0.15, 0.2) is 0 Å². The Labute approximate surface area is 183 Å². The van der Waals surface area contributed by atoms with E-state index in [1.807, 2.05) is 74.0 Å². The van der Waals surface area contributed by atoms with Crippen LogP contribution in [0.5, 0.6) is 0 Å². The molecule has 6 nitrogen and oxygen atoms in total. The van der Waals surface area contributed by atoms with Crippen molar-refractivity contribution < 1.29 is 9.59 Å². The molecule has 0 aliphatic carbocycles. The second-order valence-electron chi connectivity index (χ2n) is 9.03. The molecule has 0 spiro atoms. The van der Waals surface area contributed by atoms with E-state index in [0.29, 0.717) is 12.1 Å². The standard InChI is InChI=1S/C25H30N4O2/c1-15(2)21(23-26-19-12-8-9-13-20(19)28(23)5)27-24(30)22(16(3)4)29-14-17-10-6-7-11-18(17)25(29)31/h6-13,15-16,21-22H,14H2,1-5H3,(H,27,30)/t21-,22-/m1/s1. The van der Waals surface area contributed by atoms with Gasteiger partial charge in [-0.25, -0.2) is 4.98 Å². The fourth-order valence-corrected chi connectivity index (χ4v) is 4.52. The molecule has 0 bridgehead atoms. The summed E-state index contributed by atoms with van der Waals surface area (Å²) in [5.74, 6) is 0.726. The van der Waals surface area contributed by atoms with Crippen LogP contribution in [0.15, 0.2) is 48.5 Å². The highest BCUT2D eigenvalue weighted by Crippen LogP contribution is 2.29. The van der Waals surface area contributed by atoms with Crippen LogP contribution in [0, 0.1) is 11.8 Å². The first-order valence-corrected chi connectivity index (χ1v) is 10.9. The number of carbonyl (C=O) groups excluding carboxylic acids is 2. The smallest absolute Gasteiger partial charge is 0.255 e. The zero-order valence-corrected chi connectivity index (χ0v) is 18.8. The number of amides is 2. The maximum absolute atomic E-state index is 13.5. The predicted molar refractivity (Wildman–Crippen MR) is 121 cm³/mol. The van der Waals surface area contributed by atoms with Gasteiger partial charge in [0.25, 0.3) is 5.91 Å². The molecule has 6 heteroatoms. The summed E-state index contributed by atoms with van der Waals surface area (Å²) in [6.07, 6.45) is 0. The van der Waals surface area contributed by atoms with E-state index < -0.39 is 6.04 Å². The highest BCUT2D eigenvalue weighted by atomic mass is 16.2. The average Bonchev–Trinajstić information content (AvgIpc) is 3.24. The number of hydrogen-bond acceptors (Lipinski definition) is 3. The van der Waals surface area contributed by atoms with Crippen LogP contribution in [0.3, 0.4) is 0 Å². The SMILES string of the molecule is CC(C)[C@@H](NC(=O)[C@@H](C(C)C)N1Cc2ccccc2C1=O)c1nc2ccccc2n1C. The lowest BCUT2D eigenvalue weighted by atomic mass is 9.98. The maximum Gasteiger partial charge on any atom is 0.255 e. The number of nitrogens with one attached hydrogen (secondary N) is 1. The zero-order valence-electron chi connectivity index (χ0n) is 18.8. The Morgan fingerprint density at radius 2 is 1.68 bits per heavy atom. The van der Waals surface area contributed by atoms with Crippen molar-refractivity contribution in [2.45, 2.75) is 46.3 Å². The highest BCUT2D eigenvalue weighted by Gasteiger charge is 2.39.